The standard InChI is InChI=1S/C9H11ClN2/c1-7-4-5-8(3-2-6-11)9(10)12-7/h2-5H,6,11H2,1H3. The van der Waals surface area contributed by atoms with E-state index in [1.807, 2.05) is 31.2 Å². The lowest BCUT2D eigenvalue weighted by Crippen LogP contribution is -1.92. The second-order valence-electron chi connectivity index (χ2n) is 2.47. The van der Waals surface area contributed by atoms with Gasteiger partial charge in [0.05, 0.1) is 0 Å². The highest BCUT2D eigenvalue weighted by Crippen LogP contribution is 2.14. The molecule has 0 saturated carbocycles. The molecule has 0 amide bonds. The Bertz CT molecular complexity index is 295. The third-order valence-electron chi connectivity index (χ3n) is 1.45. The summed E-state index contributed by atoms with van der Waals surface area (Å²) in [5.74, 6) is 0. The predicted molar refractivity (Wildman–Crippen MR) is 52.1 cm³/mol. The Balaban J connectivity index is 2.94. The predicted octanol–water partition coefficient (Wildman–Crippen LogP) is 2.02. The van der Waals surface area contributed by atoms with Gasteiger partial charge in [-0.05, 0) is 13.0 Å². The van der Waals surface area contributed by atoms with Gasteiger partial charge < -0.3 is 5.73 Å². The molecule has 3 heteroatoms. The third-order valence-corrected chi connectivity index (χ3v) is 1.75. The van der Waals surface area contributed by atoms with Crippen LogP contribution < -0.4 is 5.73 Å². The third kappa shape index (κ3) is 2.32. The summed E-state index contributed by atoms with van der Waals surface area (Å²) in [4.78, 5) is 4.10. The van der Waals surface area contributed by atoms with Gasteiger partial charge >= 0.3 is 0 Å². The maximum atomic E-state index is 5.86. The topological polar surface area (TPSA) is 38.9 Å². The number of pyridine rings is 1. The fourth-order valence-electron chi connectivity index (χ4n) is 0.855. The monoisotopic (exact) mass is 182 g/mol. The fourth-order valence-corrected chi connectivity index (χ4v) is 1.11. The number of aromatic nitrogens is 1. The average Bonchev–Trinajstić information content (AvgIpc) is 2.03. The van der Waals surface area contributed by atoms with Crippen molar-refractivity contribution in [3.8, 4) is 0 Å². The zero-order valence-electron chi connectivity index (χ0n) is 6.92. The molecule has 0 aliphatic heterocycles. The van der Waals surface area contributed by atoms with Gasteiger partial charge in [0.25, 0.3) is 0 Å². The van der Waals surface area contributed by atoms with Gasteiger partial charge in [-0.15, -0.1) is 0 Å². The lowest BCUT2D eigenvalue weighted by Gasteiger charge is -1.97. The van der Waals surface area contributed by atoms with Crippen LogP contribution in [0, 0.1) is 6.92 Å². The molecule has 0 atom stereocenters. The molecule has 1 rings (SSSR count). The van der Waals surface area contributed by atoms with Crippen LogP contribution in [0.1, 0.15) is 11.3 Å². The molecule has 64 valence electrons. The van der Waals surface area contributed by atoms with Crippen LogP contribution in [0.4, 0.5) is 0 Å². The van der Waals surface area contributed by atoms with Crippen molar-refractivity contribution in [2.45, 2.75) is 6.92 Å². The molecule has 0 spiro atoms. The molecule has 0 unspecified atom stereocenters. The van der Waals surface area contributed by atoms with Crippen LogP contribution in [-0.4, -0.2) is 11.5 Å². The number of nitrogens with two attached hydrogens (primary N) is 1. The van der Waals surface area contributed by atoms with E-state index in [0.717, 1.165) is 11.3 Å². The molecule has 0 aliphatic rings. The van der Waals surface area contributed by atoms with Gasteiger partial charge in [-0.2, -0.15) is 0 Å². The fraction of sp³-hybridized carbons (Fsp3) is 0.222. The minimum absolute atomic E-state index is 0.518. The molecule has 0 radical (unpaired) electrons. The molecule has 2 nitrogen and oxygen atoms in total. The van der Waals surface area contributed by atoms with Crippen molar-refractivity contribution in [1.29, 1.82) is 0 Å². The molecule has 0 bridgehead atoms. The van der Waals surface area contributed by atoms with Crippen molar-refractivity contribution in [2.75, 3.05) is 6.54 Å². The Morgan fingerprint density at radius 3 is 2.92 bits per heavy atom. The lowest BCUT2D eigenvalue weighted by atomic mass is 10.2. The van der Waals surface area contributed by atoms with E-state index < -0.39 is 0 Å². The Morgan fingerprint density at radius 2 is 2.33 bits per heavy atom. The van der Waals surface area contributed by atoms with Gasteiger partial charge in [0, 0.05) is 17.8 Å². The van der Waals surface area contributed by atoms with E-state index in [4.69, 9.17) is 17.3 Å². The molecule has 1 aromatic rings. The van der Waals surface area contributed by atoms with Gasteiger partial charge in [0.2, 0.25) is 0 Å². The zero-order chi connectivity index (χ0) is 8.97. The highest BCUT2D eigenvalue weighted by molar-refractivity contribution is 6.30. The first kappa shape index (κ1) is 9.23. The van der Waals surface area contributed by atoms with E-state index in [0.29, 0.717) is 11.7 Å². The van der Waals surface area contributed by atoms with E-state index in [1.54, 1.807) is 0 Å². The zero-order valence-corrected chi connectivity index (χ0v) is 7.67. The summed E-state index contributed by atoms with van der Waals surface area (Å²) in [5.41, 5.74) is 7.14. The first-order valence-electron chi connectivity index (χ1n) is 3.74. The maximum absolute atomic E-state index is 5.86. The minimum atomic E-state index is 0.518. The normalized spacial score (nSPS) is 10.9. The number of nitrogens with zero attached hydrogens (tertiary/aromatic N) is 1. The van der Waals surface area contributed by atoms with Crippen LogP contribution in [-0.2, 0) is 0 Å². The highest BCUT2D eigenvalue weighted by Gasteiger charge is 1.96. The molecule has 0 fully saturated rings. The molecule has 0 saturated heterocycles. The molecule has 2 N–H and O–H groups in total. The number of hydrogen-bond acceptors (Lipinski definition) is 2. The van der Waals surface area contributed by atoms with Crippen molar-refractivity contribution in [3.63, 3.8) is 0 Å². The summed E-state index contributed by atoms with van der Waals surface area (Å²) >= 11 is 5.86. The number of hydrogen-bond donors (Lipinski definition) is 1. The molecule has 12 heavy (non-hydrogen) atoms. The second kappa shape index (κ2) is 4.24. The first-order chi connectivity index (χ1) is 5.74. The van der Waals surface area contributed by atoms with Crippen LogP contribution in [0.3, 0.4) is 0 Å². The van der Waals surface area contributed by atoms with Crippen molar-refractivity contribution >= 4 is 17.7 Å². The van der Waals surface area contributed by atoms with Crippen molar-refractivity contribution in [2.24, 2.45) is 5.73 Å². The highest BCUT2D eigenvalue weighted by atomic mass is 35.5. The Hall–Kier alpha value is -0.860. The summed E-state index contributed by atoms with van der Waals surface area (Å²) in [6.07, 6.45) is 3.72. The van der Waals surface area contributed by atoms with E-state index in [2.05, 4.69) is 4.98 Å². The summed E-state index contributed by atoms with van der Waals surface area (Å²) in [6.45, 7) is 2.42. The van der Waals surface area contributed by atoms with Crippen LogP contribution in [0.5, 0.6) is 0 Å². The Labute approximate surface area is 77.1 Å². The molecular formula is C9H11ClN2. The van der Waals surface area contributed by atoms with Crippen LogP contribution in [0.15, 0.2) is 18.2 Å². The van der Waals surface area contributed by atoms with Crippen LogP contribution in [0.2, 0.25) is 5.15 Å². The quantitative estimate of drug-likeness (QED) is 0.711. The molecule has 1 heterocycles. The second-order valence-corrected chi connectivity index (χ2v) is 2.83. The smallest absolute Gasteiger partial charge is 0.136 e. The number of aryl methyl sites for hydroxylation is 1. The Morgan fingerprint density at radius 1 is 1.58 bits per heavy atom. The largest absolute Gasteiger partial charge is 0.327 e. The van der Waals surface area contributed by atoms with Crippen molar-refractivity contribution in [3.05, 3.63) is 34.6 Å². The van der Waals surface area contributed by atoms with Crippen LogP contribution in [0.25, 0.3) is 6.08 Å². The summed E-state index contributed by atoms with van der Waals surface area (Å²) < 4.78 is 0. The van der Waals surface area contributed by atoms with E-state index in [-0.39, 0.29) is 0 Å². The minimum Gasteiger partial charge on any atom is -0.327 e. The van der Waals surface area contributed by atoms with Crippen molar-refractivity contribution in [1.82, 2.24) is 4.98 Å². The van der Waals surface area contributed by atoms with Crippen LogP contribution >= 0.6 is 11.6 Å². The maximum Gasteiger partial charge on any atom is 0.136 e. The average molecular weight is 183 g/mol. The molecular weight excluding hydrogens is 172 g/mol. The van der Waals surface area contributed by atoms with Gasteiger partial charge in [-0.1, -0.05) is 29.8 Å². The number of halogens is 1. The van der Waals surface area contributed by atoms with Gasteiger partial charge in [0.1, 0.15) is 5.15 Å². The molecule has 1 aromatic heterocycles. The van der Waals surface area contributed by atoms with Crippen molar-refractivity contribution < 1.29 is 0 Å². The summed E-state index contributed by atoms with van der Waals surface area (Å²) in [5, 5.41) is 0.528. The van der Waals surface area contributed by atoms with Gasteiger partial charge in [0.15, 0.2) is 0 Å². The van der Waals surface area contributed by atoms with E-state index in [9.17, 15) is 0 Å². The van der Waals surface area contributed by atoms with E-state index in [1.165, 1.54) is 0 Å². The molecule has 0 aromatic carbocycles. The summed E-state index contributed by atoms with van der Waals surface area (Å²) in [6, 6.07) is 3.85. The number of rotatable bonds is 2. The first-order valence-corrected chi connectivity index (χ1v) is 4.11. The summed E-state index contributed by atoms with van der Waals surface area (Å²) in [7, 11) is 0. The molecule has 0 aliphatic carbocycles. The lowest BCUT2D eigenvalue weighted by molar-refractivity contribution is 1.19. The Kier molecular flexibility index (Phi) is 3.26. The van der Waals surface area contributed by atoms with Gasteiger partial charge in [-0.25, -0.2) is 4.98 Å². The van der Waals surface area contributed by atoms with Gasteiger partial charge in [-0.3, -0.25) is 0 Å². The van der Waals surface area contributed by atoms with E-state index >= 15 is 0 Å². The SMILES string of the molecule is Cc1ccc(C=CCN)c(Cl)n1.